The molecule has 1 aromatic carbocycles. The third kappa shape index (κ3) is 2.52. The van der Waals surface area contributed by atoms with Crippen LogP contribution in [0.15, 0.2) is 41.1 Å². The Morgan fingerprint density at radius 2 is 1.78 bits per heavy atom. The Kier molecular flexibility index (Phi) is 3.25. The Hall–Kier alpha value is -1.46. The van der Waals surface area contributed by atoms with E-state index in [9.17, 15) is 0 Å². The zero-order valence-corrected chi connectivity index (χ0v) is 11.2. The lowest BCUT2D eigenvalue weighted by Gasteiger charge is -2.27. The zero-order chi connectivity index (χ0) is 12.4. The summed E-state index contributed by atoms with van der Waals surface area (Å²) in [5.74, 6) is 1.43. The summed E-state index contributed by atoms with van der Waals surface area (Å²) >= 11 is 3.40. The second-order valence-corrected chi connectivity index (χ2v) is 5.06. The Bertz CT molecular complexity index is 523. The van der Waals surface area contributed by atoms with Gasteiger partial charge < -0.3 is 10.1 Å². The number of nitrogens with zero attached hydrogens (tertiary/aromatic N) is 2. The normalized spacial score (nSPS) is 15.2. The molecule has 1 aliphatic rings. The molecule has 92 valence electrons. The smallest absolute Gasteiger partial charge is 0.159 e. The third-order valence-electron chi connectivity index (χ3n) is 2.78. The standard InChI is InChI=1S/C13H12BrN3O/c14-10-3-1-9(2-4-10)13-16-7-12(8-17-13)18-11-5-15-6-11/h1-4,7-8,11,15H,5-6H2. The molecule has 5 heteroatoms. The van der Waals surface area contributed by atoms with Crippen molar-refractivity contribution in [2.24, 2.45) is 0 Å². The SMILES string of the molecule is Brc1ccc(-c2ncc(OC3CNC3)cn2)cc1. The largest absolute Gasteiger partial charge is 0.485 e. The van der Waals surface area contributed by atoms with Crippen LogP contribution >= 0.6 is 15.9 Å². The van der Waals surface area contributed by atoms with Crippen molar-refractivity contribution in [3.8, 4) is 17.1 Å². The molecule has 0 atom stereocenters. The van der Waals surface area contributed by atoms with E-state index in [1.807, 2.05) is 24.3 Å². The number of benzene rings is 1. The average Bonchev–Trinajstić information content (AvgIpc) is 2.36. The van der Waals surface area contributed by atoms with Gasteiger partial charge in [-0.15, -0.1) is 0 Å². The highest BCUT2D eigenvalue weighted by Gasteiger charge is 2.18. The van der Waals surface area contributed by atoms with Gasteiger partial charge in [0.25, 0.3) is 0 Å². The summed E-state index contributed by atoms with van der Waals surface area (Å²) in [6.07, 6.45) is 3.71. The van der Waals surface area contributed by atoms with Crippen LogP contribution in [0.2, 0.25) is 0 Å². The highest BCUT2D eigenvalue weighted by molar-refractivity contribution is 9.10. The maximum atomic E-state index is 5.67. The number of ether oxygens (including phenoxy) is 1. The summed E-state index contributed by atoms with van der Waals surface area (Å²) < 4.78 is 6.71. The van der Waals surface area contributed by atoms with Crippen molar-refractivity contribution in [2.45, 2.75) is 6.10 Å². The maximum Gasteiger partial charge on any atom is 0.159 e. The van der Waals surface area contributed by atoms with E-state index in [4.69, 9.17) is 4.74 Å². The predicted molar refractivity (Wildman–Crippen MR) is 72.5 cm³/mol. The van der Waals surface area contributed by atoms with Gasteiger partial charge in [0.2, 0.25) is 0 Å². The Labute approximate surface area is 114 Å². The molecule has 0 unspecified atom stereocenters. The molecule has 1 N–H and O–H groups in total. The van der Waals surface area contributed by atoms with Crippen LogP contribution in [0.25, 0.3) is 11.4 Å². The van der Waals surface area contributed by atoms with E-state index in [2.05, 4.69) is 31.2 Å². The number of hydrogen-bond acceptors (Lipinski definition) is 4. The summed E-state index contributed by atoms with van der Waals surface area (Å²) in [4.78, 5) is 8.64. The lowest BCUT2D eigenvalue weighted by Crippen LogP contribution is -2.50. The van der Waals surface area contributed by atoms with Crippen molar-refractivity contribution in [1.82, 2.24) is 15.3 Å². The van der Waals surface area contributed by atoms with Gasteiger partial charge >= 0.3 is 0 Å². The van der Waals surface area contributed by atoms with Crippen LogP contribution < -0.4 is 10.1 Å². The molecule has 4 nitrogen and oxygen atoms in total. The van der Waals surface area contributed by atoms with Crippen molar-refractivity contribution in [2.75, 3.05) is 13.1 Å². The van der Waals surface area contributed by atoms with E-state index in [1.54, 1.807) is 12.4 Å². The van der Waals surface area contributed by atoms with E-state index in [0.717, 1.165) is 28.9 Å². The number of rotatable bonds is 3. The average molecular weight is 306 g/mol. The minimum atomic E-state index is 0.257. The molecule has 18 heavy (non-hydrogen) atoms. The highest BCUT2D eigenvalue weighted by atomic mass is 79.9. The van der Waals surface area contributed by atoms with Gasteiger partial charge in [0, 0.05) is 23.1 Å². The number of halogens is 1. The molecule has 1 saturated heterocycles. The minimum Gasteiger partial charge on any atom is -0.485 e. The lowest BCUT2D eigenvalue weighted by molar-refractivity contribution is 0.141. The first-order valence-corrected chi connectivity index (χ1v) is 6.56. The van der Waals surface area contributed by atoms with Crippen LogP contribution in [0.5, 0.6) is 5.75 Å². The second-order valence-electron chi connectivity index (χ2n) is 4.15. The number of hydrogen-bond donors (Lipinski definition) is 1. The van der Waals surface area contributed by atoms with Crippen LogP contribution in [0.3, 0.4) is 0 Å². The van der Waals surface area contributed by atoms with E-state index in [-0.39, 0.29) is 6.10 Å². The summed E-state index contributed by atoms with van der Waals surface area (Å²) in [6.45, 7) is 1.79. The molecule has 3 rings (SSSR count). The van der Waals surface area contributed by atoms with Gasteiger partial charge in [-0.25, -0.2) is 9.97 Å². The molecule has 1 fully saturated rings. The Morgan fingerprint density at radius 3 is 2.33 bits per heavy atom. The lowest BCUT2D eigenvalue weighted by atomic mass is 10.2. The van der Waals surface area contributed by atoms with E-state index < -0.39 is 0 Å². The maximum absolute atomic E-state index is 5.67. The summed E-state index contributed by atoms with van der Waals surface area (Å²) in [5, 5.41) is 3.15. The number of aromatic nitrogens is 2. The molecule has 1 aromatic heterocycles. The van der Waals surface area contributed by atoms with Gasteiger partial charge in [0.05, 0.1) is 12.4 Å². The monoisotopic (exact) mass is 305 g/mol. The molecule has 2 aromatic rings. The first-order chi connectivity index (χ1) is 8.81. The van der Waals surface area contributed by atoms with Gasteiger partial charge in [-0.05, 0) is 12.1 Å². The van der Waals surface area contributed by atoms with Gasteiger partial charge in [-0.1, -0.05) is 28.1 Å². The van der Waals surface area contributed by atoms with Crippen LogP contribution in [0, 0.1) is 0 Å². The molecule has 1 aliphatic heterocycles. The summed E-state index contributed by atoms with van der Waals surface area (Å²) in [7, 11) is 0. The van der Waals surface area contributed by atoms with Crippen molar-refractivity contribution >= 4 is 15.9 Å². The van der Waals surface area contributed by atoms with Crippen LogP contribution in [-0.2, 0) is 0 Å². The van der Waals surface area contributed by atoms with Crippen molar-refractivity contribution in [1.29, 1.82) is 0 Å². The zero-order valence-electron chi connectivity index (χ0n) is 9.64. The molecular formula is C13H12BrN3O. The second kappa shape index (κ2) is 5.04. The quantitative estimate of drug-likeness (QED) is 0.945. The molecule has 0 aliphatic carbocycles. The van der Waals surface area contributed by atoms with Crippen LogP contribution in [-0.4, -0.2) is 29.2 Å². The van der Waals surface area contributed by atoms with Gasteiger partial charge in [-0.3, -0.25) is 0 Å². The van der Waals surface area contributed by atoms with Crippen molar-refractivity contribution in [3.05, 3.63) is 41.1 Å². The summed E-state index contributed by atoms with van der Waals surface area (Å²) in [6, 6.07) is 7.91. The Balaban J connectivity index is 1.75. The first kappa shape index (κ1) is 11.6. The van der Waals surface area contributed by atoms with E-state index >= 15 is 0 Å². The first-order valence-electron chi connectivity index (χ1n) is 5.76. The van der Waals surface area contributed by atoms with Crippen LogP contribution in [0.4, 0.5) is 0 Å². The summed E-state index contributed by atoms with van der Waals surface area (Å²) in [5.41, 5.74) is 0.995. The topological polar surface area (TPSA) is 47.0 Å². The highest BCUT2D eigenvalue weighted by Crippen LogP contribution is 2.20. The van der Waals surface area contributed by atoms with E-state index in [0.29, 0.717) is 5.82 Å². The fraction of sp³-hybridized carbons (Fsp3) is 0.231. The molecule has 0 radical (unpaired) electrons. The fourth-order valence-electron chi connectivity index (χ4n) is 1.66. The van der Waals surface area contributed by atoms with Crippen molar-refractivity contribution < 1.29 is 4.74 Å². The fourth-order valence-corrected chi connectivity index (χ4v) is 1.93. The van der Waals surface area contributed by atoms with Gasteiger partial charge in [0.1, 0.15) is 6.10 Å². The molecule has 0 spiro atoms. The van der Waals surface area contributed by atoms with Crippen molar-refractivity contribution in [3.63, 3.8) is 0 Å². The Morgan fingerprint density at radius 1 is 1.11 bits per heavy atom. The molecule has 0 amide bonds. The molecule has 0 bridgehead atoms. The van der Waals surface area contributed by atoms with Gasteiger partial charge in [-0.2, -0.15) is 0 Å². The van der Waals surface area contributed by atoms with E-state index in [1.165, 1.54) is 0 Å². The third-order valence-corrected chi connectivity index (χ3v) is 3.31. The van der Waals surface area contributed by atoms with Crippen LogP contribution in [0.1, 0.15) is 0 Å². The molecule has 2 heterocycles. The molecule has 0 saturated carbocycles. The predicted octanol–water partition coefficient (Wildman–Crippen LogP) is 2.26. The van der Waals surface area contributed by atoms with Gasteiger partial charge in [0.15, 0.2) is 11.6 Å². The molecular weight excluding hydrogens is 294 g/mol. The number of nitrogens with one attached hydrogen (secondary N) is 1. The minimum absolute atomic E-state index is 0.257.